The van der Waals surface area contributed by atoms with Crippen molar-refractivity contribution in [2.24, 2.45) is 0 Å². The van der Waals surface area contributed by atoms with Crippen LogP contribution in [0.25, 0.3) is 0 Å². The summed E-state index contributed by atoms with van der Waals surface area (Å²) in [6, 6.07) is 10.00. The maximum atomic E-state index is 5.66. The molecule has 1 aromatic carbocycles. The number of hydrogen-bond donors (Lipinski definition) is 0. The molecular formula is C8H7ClO. The lowest BCUT2D eigenvalue weighted by Crippen LogP contribution is -1.78. The van der Waals surface area contributed by atoms with Crippen LogP contribution in [0.5, 0.6) is 0 Å². The van der Waals surface area contributed by atoms with Gasteiger partial charge in [0.25, 0.3) is 0 Å². The predicted molar refractivity (Wildman–Crippen MR) is 39.9 cm³/mol. The molecule has 2 heteroatoms. The summed E-state index contributed by atoms with van der Waals surface area (Å²) in [5, 5.41) is 0. The number of benzene rings is 1. The summed E-state index contributed by atoms with van der Waals surface area (Å²) in [5.41, 5.74) is 1.07. The van der Waals surface area contributed by atoms with Crippen molar-refractivity contribution in [3.63, 3.8) is 0 Å². The highest BCUT2D eigenvalue weighted by molar-refractivity contribution is 6.21. The van der Waals surface area contributed by atoms with Crippen molar-refractivity contribution in [2.45, 2.75) is 11.7 Å². The first kappa shape index (κ1) is 6.20. The fourth-order valence-electron chi connectivity index (χ4n) is 0.967. The molecule has 0 bridgehead atoms. The minimum atomic E-state index is -0.0950. The van der Waals surface area contributed by atoms with Crippen molar-refractivity contribution >= 4 is 11.6 Å². The van der Waals surface area contributed by atoms with Crippen molar-refractivity contribution in [1.29, 1.82) is 0 Å². The summed E-state index contributed by atoms with van der Waals surface area (Å²) in [6.45, 7) is 0. The first-order chi connectivity index (χ1) is 4.88. The Labute approximate surface area is 64.6 Å². The third-order valence-corrected chi connectivity index (χ3v) is 1.90. The maximum Gasteiger partial charge on any atom is 0.162 e. The van der Waals surface area contributed by atoms with E-state index in [1.807, 2.05) is 30.3 Å². The molecule has 1 heterocycles. The average molecular weight is 155 g/mol. The Morgan fingerprint density at radius 2 is 1.80 bits per heavy atom. The monoisotopic (exact) mass is 154 g/mol. The molecule has 0 spiro atoms. The minimum Gasteiger partial charge on any atom is -0.347 e. The Bertz CT molecular complexity index is 222. The molecule has 1 aliphatic heterocycles. The Morgan fingerprint density at radius 3 is 2.30 bits per heavy atom. The van der Waals surface area contributed by atoms with E-state index in [2.05, 4.69) is 0 Å². The standard InChI is InChI=1S/C8H7ClO/c9-8-7(10-8)6-4-2-1-3-5-6/h1-5,7-8H. The van der Waals surface area contributed by atoms with Gasteiger partial charge in [-0.1, -0.05) is 41.9 Å². The van der Waals surface area contributed by atoms with Crippen LogP contribution in [-0.2, 0) is 4.74 Å². The molecule has 0 radical (unpaired) electrons. The molecule has 2 atom stereocenters. The van der Waals surface area contributed by atoms with Crippen LogP contribution in [0.3, 0.4) is 0 Å². The van der Waals surface area contributed by atoms with Crippen LogP contribution in [-0.4, -0.2) is 5.56 Å². The zero-order valence-corrected chi connectivity index (χ0v) is 6.08. The highest BCUT2D eigenvalue weighted by Gasteiger charge is 2.37. The molecule has 1 aromatic rings. The van der Waals surface area contributed by atoms with Crippen molar-refractivity contribution in [1.82, 2.24) is 0 Å². The van der Waals surface area contributed by atoms with E-state index in [0.29, 0.717) is 0 Å². The van der Waals surface area contributed by atoms with Gasteiger partial charge in [-0.25, -0.2) is 0 Å². The normalized spacial score (nSPS) is 30.1. The molecule has 0 saturated carbocycles. The molecule has 2 unspecified atom stereocenters. The van der Waals surface area contributed by atoms with Crippen molar-refractivity contribution in [3.8, 4) is 0 Å². The second kappa shape index (κ2) is 2.26. The molecule has 52 valence electrons. The van der Waals surface area contributed by atoms with Gasteiger partial charge in [-0.05, 0) is 5.56 Å². The van der Waals surface area contributed by atoms with Gasteiger partial charge in [-0.2, -0.15) is 0 Å². The second-order valence-electron chi connectivity index (χ2n) is 2.32. The highest BCUT2D eigenvalue weighted by atomic mass is 35.5. The Kier molecular flexibility index (Phi) is 1.40. The van der Waals surface area contributed by atoms with Crippen LogP contribution in [0.15, 0.2) is 30.3 Å². The molecule has 10 heavy (non-hydrogen) atoms. The molecule has 1 nitrogen and oxygen atoms in total. The highest BCUT2D eigenvalue weighted by Crippen LogP contribution is 2.40. The van der Waals surface area contributed by atoms with Crippen LogP contribution in [0.2, 0.25) is 0 Å². The third-order valence-electron chi connectivity index (χ3n) is 1.57. The van der Waals surface area contributed by atoms with Crippen LogP contribution in [0.4, 0.5) is 0 Å². The van der Waals surface area contributed by atoms with Crippen LogP contribution >= 0.6 is 11.6 Å². The molecule has 0 aromatic heterocycles. The lowest BCUT2D eigenvalue weighted by atomic mass is 10.2. The molecule has 0 aliphatic carbocycles. The largest absolute Gasteiger partial charge is 0.347 e. The topological polar surface area (TPSA) is 12.5 Å². The van der Waals surface area contributed by atoms with Gasteiger partial charge in [0.1, 0.15) is 6.10 Å². The van der Waals surface area contributed by atoms with Gasteiger partial charge in [-0.15, -0.1) is 0 Å². The first-order valence-corrected chi connectivity index (χ1v) is 3.66. The summed E-state index contributed by atoms with van der Waals surface area (Å²) in [6.07, 6.45) is 0.142. The summed E-state index contributed by atoms with van der Waals surface area (Å²) in [5.74, 6) is 0. The van der Waals surface area contributed by atoms with E-state index >= 15 is 0 Å². The lowest BCUT2D eigenvalue weighted by molar-refractivity contribution is 0.404. The molecule has 2 rings (SSSR count). The molecule has 1 saturated heterocycles. The van der Waals surface area contributed by atoms with E-state index in [4.69, 9.17) is 16.3 Å². The second-order valence-corrected chi connectivity index (χ2v) is 2.75. The molecule has 0 amide bonds. The van der Waals surface area contributed by atoms with Gasteiger partial charge in [0.05, 0.1) is 0 Å². The Balaban J connectivity index is 2.20. The van der Waals surface area contributed by atoms with E-state index in [1.54, 1.807) is 0 Å². The summed E-state index contributed by atoms with van der Waals surface area (Å²) < 4.78 is 5.07. The number of halogens is 1. The van der Waals surface area contributed by atoms with Crippen molar-refractivity contribution in [2.75, 3.05) is 0 Å². The van der Waals surface area contributed by atoms with Gasteiger partial charge in [-0.3, -0.25) is 0 Å². The van der Waals surface area contributed by atoms with Gasteiger partial charge in [0.15, 0.2) is 5.56 Å². The maximum absolute atomic E-state index is 5.66. The fraction of sp³-hybridized carbons (Fsp3) is 0.250. The molecule has 0 N–H and O–H groups in total. The number of epoxide rings is 1. The molecular weight excluding hydrogens is 148 g/mol. The number of ether oxygens (including phenoxy) is 1. The summed E-state index contributed by atoms with van der Waals surface area (Å²) in [4.78, 5) is 0. The summed E-state index contributed by atoms with van der Waals surface area (Å²) >= 11 is 5.66. The van der Waals surface area contributed by atoms with E-state index < -0.39 is 0 Å². The van der Waals surface area contributed by atoms with Gasteiger partial charge in [0, 0.05) is 0 Å². The van der Waals surface area contributed by atoms with Crippen LogP contribution in [0, 0.1) is 0 Å². The zero-order chi connectivity index (χ0) is 6.97. The van der Waals surface area contributed by atoms with E-state index in [9.17, 15) is 0 Å². The third kappa shape index (κ3) is 1.02. The number of hydrogen-bond acceptors (Lipinski definition) is 1. The first-order valence-electron chi connectivity index (χ1n) is 3.22. The zero-order valence-electron chi connectivity index (χ0n) is 5.33. The van der Waals surface area contributed by atoms with Crippen molar-refractivity contribution < 1.29 is 4.74 Å². The van der Waals surface area contributed by atoms with Gasteiger partial charge >= 0.3 is 0 Å². The summed E-state index contributed by atoms with van der Waals surface area (Å²) in [7, 11) is 0. The van der Waals surface area contributed by atoms with Gasteiger partial charge in [0.2, 0.25) is 0 Å². The van der Waals surface area contributed by atoms with Gasteiger partial charge < -0.3 is 4.74 Å². The van der Waals surface area contributed by atoms with Crippen molar-refractivity contribution in [3.05, 3.63) is 35.9 Å². The molecule has 1 aliphatic rings. The number of alkyl halides is 1. The van der Waals surface area contributed by atoms with E-state index in [-0.39, 0.29) is 11.7 Å². The molecule has 1 fully saturated rings. The predicted octanol–water partition coefficient (Wildman–Crippen LogP) is 2.32. The minimum absolute atomic E-state index is 0.0950. The fourth-order valence-corrected chi connectivity index (χ4v) is 1.22. The SMILES string of the molecule is ClC1OC1c1ccccc1. The smallest absolute Gasteiger partial charge is 0.162 e. The van der Waals surface area contributed by atoms with Crippen LogP contribution in [0.1, 0.15) is 11.7 Å². The van der Waals surface area contributed by atoms with E-state index in [0.717, 1.165) is 0 Å². The Hall–Kier alpha value is -0.530. The Morgan fingerprint density at radius 1 is 1.20 bits per heavy atom. The average Bonchev–Trinajstić information content (AvgIpc) is 2.69. The lowest BCUT2D eigenvalue weighted by Gasteiger charge is -1.90. The quantitative estimate of drug-likeness (QED) is 0.447. The number of rotatable bonds is 1. The van der Waals surface area contributed by atoms with E-state index in [1.165, 1.54) is 5.56 Å². The van der Waals surface area contributed by atoms with Crippen LogP contribution < -0.4 is 0 Å².